The van der Waals surface area contributed by atoms with Crippen molar-refractivity contribution in [2.45, 2.75) is 0 Å². The molecule has 0 aliphatic carbocycles. The third-order valence-electron chi connectivity index (χ3n) is 2.43. The van der Waals surface area contributed by atoms with Crippen LogP contribution in [0, 0.1) is 0 Å². The summed E-state index contributed by atoms with van der Waals surface area (Å²) >= 11 is 0. The maximum Gasteiger partial charge on any atom is 0.254 e. The molecule has 0 aliphatic heterocycles. The first-order valence-electron chi connectivity index (χ1n) is 5.32. The molecule has 1 aromatic carbocycles. The van der Waals surface area contributed by atoms with Gasteiger partial charge in [-0.1, -0.05) is 24.3 Å². The molecule has 0 bridgehead atoms. The van der Waals surface area contributed by atoms with Crippen LogP contribution in [0.25, 0.3) is 5.52 Å². The van der Waals surface area contributed by atoms with E-state index in [9.17, 15) is 0 Å². The highest BCUT2D eigenvalue weighted by atomic mass is 15.2. The summed E-state index contributed by atoms with van der Waals surface area (Å²) in [6, 6.07) is 15.5. The number of fused-ring (bicyclic) bond motifs is 1. The molecule has 17 heavy (non-hydrogen) atoms. The third-order valence-corrected chi connectivity index (χ3v) is 2.43. The molecular formula is C13H10N4. The number of benzene rings is 1. The Morgan fingerprint density at radius 2 is 1.71 bits per heavy atom. The minimum atomic E-state index is 0.587. The summed E-state index contributed by atoms with van der Waals surface area (Å²) in [6.07, 6.45) is 3.70. The van der Waals surface area contributed by atoms with Gasteiger partial charge in [0, 0.05) is 6.20 Å². The minimum Gasteiger partial charge on any atom is -0.283 e. The van der Waals surface area contributed by atoms with Gasteiger partial charge < -0.3 is 0 Å². The molecule has 0 N–H and O–H groups in total. The van der Waals surface area contributed by atoms with Crippen molar-refractivity contribution in [3.05, 3.63) is 60.9 Å². The van der Waals surface area contributed by atoms with Crippen LogP contribution in [-0.2, 0) is 0 Å². The van der Waals surface area contributed by atoms with Crippen LogP contribution in [-0.4, -0.2) is 9.38 Å². The van der Waals surface area contributed by atoms with Crippen LogP contribution in [0.2, 0.25) is 0 Å². The zero-order valence-electron chi connectivity index (χ0n) is 9.06. The number of hydrogen-bond acceptors (Lipinski definition) is 3. The van der Waals surface area contributed by atoms with Gasteiger partial charge in [0.05, 0.1) is 17.4 Å². The summed E-state index contributed by atoms with van der Waals surface area (Å²) < 4.78 is 1.90. The summed E-state index contributed by atoms with van der Waals surface area (Å²) in [6.45, 7) is 0. The fourth-order valence-corrected chi connectivity index (χ4v) is 1.60. The molecule has 2 heterocycles. The van der Waals surface area contributed by atoms with Crippen LogP contribution in [0.15, 0.2) is 71.2 Å². The molecule has 2 aromatic heterocycles. The van der Waals surface area contributed by atoms with Crippen LogP contribution < -0.4 is 0 Å². The molecule has 0 aliphatic rings. The summed E-state index contributed by atoms with van der Waals surface area (Å²) in [7, 11) is 0. The Morgan fingerprint density at radius 3 is 2.59 bits per heavy atom. The first-order chi connectivity index (χ1) is 8.43. The molecule has 0 atom stereocenters. The van der Waals surface area contributed by atoms with Gasteiger partial charge in [-0.2, -0.15) is 0 Å². The normalized spacial score (nSPS) is 11.3. The largest absolute Gasteiger partial charge is 0.283 e. The molecule has 4 heteroatoms. The standard InChI is InChI=1S/C13H10N4/c1-2-6-11(7-3-1)15-16-13-14-10-12-8-4-5-9-17(12)13/h1-10H. The molecule has 0 unspecified atom stereocenters. The van der Waals surface area contributed by atoms with E-state index in [1.807, 2.05) is 59.1 Å². The average Bonchev–Trinajstić information content (AvgIpc) is 2.81. The molecular weight excluding hydrogens is 212 g/mol. The summed E-state index contributed by atoms with van der Waals surface area (Å²) in [4.78, 5) is 4.21. The van der Waals surface area contributed by atoms with Crippen molar-refractivity contribution in [2.75, 3.05) is 0 Å². The van der Waals surface area contributed by atoms with E-state index >= 15 is 0 Å². The van der Waals surface area contributed by atoms with Crippen molar-refractivity contribution in [1.82, 2.24) is 9.38 Å². The van der Waals surface area contributed by atoms with Crippen molar-refractivity contribution in [1.29, 1.82) is 0 Å². The maximum absolute atomic E-state index is 4.21. The van der Waals surface area contributed by atoms with Gasteiger partial charge in [0.2, 0.25) is 0 Å². The van der Waals surface area contributed by atoms with E-state index in [0.717, 1.165) is 11.2 Å². The van der Waals surface area contributed by atoms with Crippen LogP contribution in [0.1, 0.15) is 0 Å². The van der Waals surface area contributed by atoms with Gasteiger partial charge in [0.1, 0.15) is 0 Å². The fraction of sp³-hybridized carbons (Fsp3) is 0. The Hall–Kier alpha value is -2.49. The highest BCUT2D eigenvalue weighted by molar-refractivity contribution is 5.49. The lowest BCUT2D eigenvalue weighted by molar-refractivity contribution is 1.06. The molecule has 0 saturated carbocycles. The van der Waals surface area contributed by atoms with E-state index in [0.29, 0.717) is 5.95 Å². The minimum absolute atomic E-state index is 0.587. The molecule has 3 rings (SSSR count). The predicted octanol–water partition coefficient (Wildman–Crippen LogP) is 3.75. The number of pyridine rings is 1. The highest BCUT2D eigenvalue weighted by Crippen LogP contribution is 2.17. The van der Waals surface area contributed by atoms with Gasteiger partial charge in [-0.05, 0) is 24.3 Å². The monoisotopic (exact) mass is 222 g/mol. The average molecular weight is 222 g/mol. The van der Waals surface area contributed by atoms with E-state index < -0.39 is 0 Å². The van der Waals surface area contributed by atoms with E-state index in [1.54, 1.807) is 6.20 Å². The van der Waals surface area contributed by atoms with Crippen molar-refractivity contribution in [3.8, 4) is 0 Å². The Kier molecular flexibility index (Phi) is 2.38. The SMILES string of the molecule is c1ccc(N=Nc2ncc3ccccn23)cc1. The van der Waals surface area contributed by atoms with Crippen LogP contribution in [0.3, 0.4) is 0 Å². The first-order valence-corrected chi connectivity index (χ1v) is 5.32. The second kappa shape index (κ2) is 4.17. The van der Waals surface area contributed by atoms with Gasteiger partial charge in [-0.25, -0.2) is 4.98 Å². The quantitative estimate of drug-likeness (QED) is 0.609. The summed E-state index contributed by atoms with van der Waals surface area (Å²) in [5.41, 5.74) is 1.83. The van der Waals surface area contributed by atoms with Crippen LogP contribution in [0.4, 0.5) is 11.6 Å². The molecule has 0 fully saturated rings. The lowest BCUT2D eigenvalue weighted by Gasteiger charge is -1.93. The predicted molar refractivity (Wildman–Crippen MR) is 65.8 cm³/mol. The van der Waals surface area contributed by atoms with Crippen molar-refractivity contribution in [3.63, 3.8) is 0 Å². The van der Waals surface area contributed by atoms with Gasteiger partial charge in [-0.15, -0.1) is 10.2 Å². The molecule has 82 valence electrons. The third kappa shape index (κ3) is 1.92. The number of rotatable bonds is 2. The first kappa shape index (κ1) is 9.72. The summed E-state index contributed by atoms with van der Waals surface area (Å²) in [5, 5.41) is 8.28. The van der Waals surface area contributed by atoms with Crippen molar-refractivity contribution in [2.24, 2.45) is 10.2 Å². The number of aromatic nitrogens is 2. The number of azo groups is 1. The number of imidazole rings is 1. The molecule has 0 radical (unpaired) electrons. The lowest BCUT2D eigenvalue weighted by atomic mass is 10.3. The van der Waals surface area contributed by atoms with Gasteiger partial charge in [0.15, 0.2) is 0 Å². The molecule has 4 nitrogen and oxygen atoms in total. The molecule has 0 spiro atoms. The number of nitrogens with zero attached hydrogens (tertiary/aromatic N) is 4. The Labute approximate surface area is 98.3 Å². The van der Waals surface area contributed by atoms with E-state index in [1.165, 1.54) is 0 Å². The smallest absolute Gasteiger partial charge is 0.254 e. The lowest BCUT2D eigenvalue weighted by Crippen LogP contribution is -1.80. The second-order valence-corrected chi connectivity index (χ2v) is 3.59. The molecule has 0 amide bonds. The summed E-state index contributed by atoms with van der Waals surface area (Å²) in [5.74, 6) is 0.587. The molecule has 0 saturated heterocycles. The van der Waals surface area contributed by atoms with Crippen LogP contribution >= 0.6 is 0 Å². The topological polar surface area (TPSA) is 42.0 Å². The van der Waals surface area contributed by atoms with Crippen molar-refractivity contribution >= 4 is 17.2 Å². The Morgan fingerprint density at radius 1 is 0.882 bits per heavy atom. The van der Waals surface area contributed by atoms with E-state index in [4.69, 9.17) is 0 Å². The number of hydrogen-bond donors (Lipinski definition) is 0. The maximum atomic E-state index is 4.21. The Balaban J connectivity index is 1.98. The van der Waals surface area contributed by atoms with E-state index in [-0.39, 0.29) is 0 Å². The van der Waals surface area contributed by atoms with Gasteiger partial charge >= 0.3 is 0 Å². The fourth-order valence-electron chi connectivity index (χ4n) is 1.60. The zero-order valence-corrected chi connectivity index (χ0v) is 9.06. The zero-order chi connectivity index (χ0) is 11.5. The van der Waals surface area contributed by atoms with Crippen molar-refractivity contribution < 1.29 is 0 Å². The van der Waals surface area contributed by atoms with E-state index in [2.05, 4.69) is 15.2 Å². The highest BCUT2D eigenvalue weighted by Gasteiger charge is 1.99. The van der Waals surface area contributed by atoms with Crippen LogP contribution in [0.5, 0.6) is 0 Å². The molecule has 3 aromatic rings. The van der Waals surface area contributed by atoms with Gasteiger partial charge in [0.25, 0.3) is 5.95 Å². The van der Waals surface area contributed by atoms with Gasteiger partial charge in [-0.3, -0.25) is 4.40 Å². The second-order valence-electron chi connectivity index (χ2n) is 3.59. The Bertz CT molecular complexity index is 655.